The fourth-order valence-corrected chi connectivity index (χ4v) is 5.12. The van der Waals surface area contributed by atoms with Crippen LogP contribution in [0.1, 0.15) is 27.1 Å². The number of carbonyl (C=O) groups excluding carboxylic acids is 1. The highest BCUT2D eigenvalue weighted by molar-refractivity contribution is 7.99. The molecule has 1 saturated heterocycles. The van der Waals surface area contributed by atoms with Crippen molar-refractivity contribution in [1.29, 1.82) is 0 Å². The standard InChI is InChI=1S/C18H21NO3S2/c1-12-4-5-16(24-12)18-19(17(20)6-7-23-18)11-13-8-14(21-2)10-15(9-13)22-3/h4-5,8-10,18H,6-7,11H2,1-3H3. The molecule has 0 aliphatic carbocycles. The lowest BCUT2D eigenvalue weighted by Gasteiger charge is -2.34. The highest BCUT2D eigenvalue weighted by atomic mass is 32.2. The summed E-state index contributed by atoms with van der Waals surface area (Å²) in [6.45, 7) is 2.65. The molecule has 1 unspecified atom stereocenters. The van der Waals surface area contributed by atoms with Gasteiger partial charge in [-0.15, -0.1) is 23.1 Å². The largest absolute Gasteiger partial charge is 0.497 e. The van der Waals surface area contributed by atoms with Gasteiger partial charge in [-0.25, -0.2) is 0 Å². The number of nitrogens with zero attached hydrogens (tertiary/aromatic N) is 1. The van der Waals surface area contributed by atoms with Gasteiger partial charge in [-0.3, -0.25) is 4.79 Å². The molecule has 3 rings (SSSR count). The number of hydrogen-bond acceptors (Lipinski definition) is 5. The van der Waals surface area contributed by atoms with Crippen LogP contribution in [0.2, 0.25) is 0 Å². The Morgan fingerprint density at radius 3 is 2.46 bits per heavy atom. The highest BCUT2D eigenvalue weighted by Crippen LogP contribution is 2.41. The van der Waals surface area contributed by atoms with Crippen molar-refractivity contribution in [3.05, 3.63) is 45.6 Å². The molecule has 1 amide bonds. The lowest BCUT2D eigenvalue weighted by molar-refractivity contribution is -0.132. The maximum atomic E-state index is 12.6. The number of benzene rings is 1. The Bertz CT molecular complexity index is 707. The van der Waals surface area contributed by atoms with E-state index in [1.165, 1.54) is 9.75 Å². The minimum atomic E-state index is 0.0853. The van der Waals surface area contributed by atoms with Crippen LogP contribution in [0.5, 0.6) is 11.5 Å². The molecule has 4 nitrogen and oxygen atoms in total. The van der Waals surface area contributed by atoms with Crippen LogP contribution in [0.3, 0.4) is 0 Å². The minimum absolute atomic E-state index is 0.0853. The number of amides is 1. The SMILES string of the molecule is COc1cc(CN2C(=O)CCSC2c2ccc(C)s2)cc(OC)c1. The van der Waals surface area contributed by atoms with Crippen LogP contribution in [0, 0.1) is 6.92 Å². The third-order valence-corrected chi connectivity index (χ3v) is 6.43. The lowest BCUT2D eigenvalue weighted by Crippen LogP contribution is -2.36. The van der Waals surface area contributed by atoms with Crippen molar-refractivity contribution in [2.45, 2.75) is 25.3 Å². The van der Waals surface area contributed by atoms with Crippen molar-refractivity contribution in [2.24, 2.45) is 0 Å². The third kappa shape index (κ3) is 3.70. The number of carbonyl (C=O) groups is 1. The summed E-state index contributed by atoms with van der Waals surface area (Å²) >= 11 is 3.60. The summed E-state index contributed by atoms with van der Waals surface area (Å²) < 4.78 is 10.7. The zero-order valence-corrected chi connectivity index (χ0v) is 15.7. The number of thioether (sulfide) groups is 1. The van der Waals surface area contributed by atoms with Gasteiger partial charge in [0.05, 0.1) is 14.2 Å². The zero-order chi connectivity index (χ0) is 17.1. The normalized spacial score (nSPS) is 17.9. The van der Waals surface area contributed by atoms with Crippen LogP contribution in [0.15, 0.2) is 30.3 Å². The van der Waals surface area contributed by atoms with E-state index in [4.69, 9.17) is 9.47 Å². The molecule has 0 N–H and O–H groups in total. The Hall–Kier alpha value is -1.66. The number of aryl methyl sites for hydroxylation is 1. The first-order valence-electron chi connectivity index (χ1n) is 7.80. The second kappa shape index (κ2) is 7.49. The Balaban J connectivity index is 1.88. The molecule has 1 aliphatic rings. The van der Waals surface area contributed by atoms with Crippen LogP contribution < -0.4 is 9.47 Å². The first-order chi connectivity index (χ1) is 11.6. The van der Waals surface area contributed by atoms with E-state index < -0.39 is 0 Å². The average molecular weight is 364 g/mol. The van der Waals surface area contributed by atoms with Gasteiger partial charge in [-0.1, -0.05) is 0 Å². The molecule has 128 valence electrons. The van der Waals surface area contributed by atoms with Gasteiger partial charge in [0.2, 0.25) is 5.91 Å². The van der Waals surface area contributed by atoms with Gasteiger partial charge in [0, 0.05) is 34.5 Å². The second-order valence-corrected chi connectivity index (χ2v) is 8.17. The van der Waals surface area contributed by atoms with Gasteiger partial charge < -0.3 is 14.4 Å². The van der Waals surface area contributed by atoms with Crippen LogP contribution >= 0.6 is 23.1 Å². The fourth-order valence-electron chi connectivity index (χ4n) is 2.77. The number of ether oxygens (including phenoxy) is 2. The first kappa shape index (κ1) is 17.2. The molecule has 1 aromatic carbocycles. The fraction of sp³-hybridized carbons (Fsp3) is 0.389. The Kier molecular flexibility index (Phi) is 5.36. The topological polar surface area (TPSA) is 38.8 Å². The second-order valence-electron chi connectivity index (χ2n) is 5.66. The van der Waals surface area contributed by atoms with E-state index in [2.05, 4.69) is 19.1 Å². The molecule has 1 aromatic heterocycles. The summed E-state index contributed by atoms with van der Waals surface area (Å²) in [5.74, 6) is 2.56. The molecule has 24 heavy (non-hydrogen) atoms. The Labute approximate surface area is 150 Å². The van der Waals surface area contributed by atoms with Crippen LogP contribution in [-0.2, 0) is 11.3 Å². The number of hydrogen-bond donors (Lipinski definition) is 0. The van der Waals surface area contributed by atoms with Crippen molar-refractivity contribution >= 4 is 29.0 Å². The van der Waals surface area contributed by atoms with Crippen LogP contribution in [0.4, 0.5) is 0 Å². The molecule has 2 aromatic rings. The van der Waals surface area contributed by atoms with E-state index in [0.29, 0.717) is 13.0 Å². The van der Waals surface area contributed by atoms with Crippen molar-refractivity contribution in [2.75, 3.05) is 20.0 Å². The molecule has 2 heterocycles. The Morgan fingerprint density at radius 1 is 1.17 bits per heavy atom. The first-order valence-corrected chi connectivity index (χ1v) is 9.66. The number of methoxy groups -OCH3 is 2. The molecule has 0 spiro atoms. The summed E-state index contributed by atoms with van der Waals surface area (Å²) in [4.78, 5) is 17.0. The summed E-state index contributed by atoms with van der Waals surface area (Å²) in [5, 5.41) is 0.0853. The molecule has 6 heteroatoms. The summed E-state index contributed by atoms with van der Waals surface area (Å²) in [6, 6.07) is 10.0. The zero-order valence-electron chi connectivity index (χ0n) is 14.1. The number of rotatable bonds is 5. The number of thiophene rings is 1. The van der Waals surface area contributed by atoms with E-state index in [9.17, 15) is 4.79 Å². The van der Waals surface area contributed by atoms with Crippen molar-refractivity contribution < 1.29 is 14.3 Å². The molecule has 0 bridgehead atoms. The van der Waals surface area contributed by atoms with Gasteiger partial charge >= 0.3 is 0 Å². The van der Waals surface area contributed by atoms with Crippen molar-refractivity contribution in [1.82, 2.24) is 4.90 Å². The summed E-state index contributed by atoms with van der Waals surface area (Å²) in [7, 11) is 3.27. The predicted molar refractivity (Wildman–Crippen MR) is 99.0 cm³/mol. The predicted octanol–water partition coefficient (Wildman–Crippen LogP) is 4.24. The van der Waals surface area contributed by atoms with Gasteiger partial charge in [-0.05, 0) is 36.8 Å². The molecule has 0 radical (unpaired) electrons. The van der Waals surface area contributed by atoms with E-state index in [0.717, 1.165) is 22.8 Å². The molecule has 1 fully saturated rings. The van der Waals surface area contributed by atoms with E-state index >= 15 is 0 Å². The molecule has 0 saturated carbocycles. The molecular formula is C18H21NO3S2. The quantitative estimate of drug-likeness (QED) is 0.796. The molecular weight excluding hydrogens is 342 g/mol. The summed E-state index contributed by atoms with van der Waals surface area (Å²) in [6.07, 6.45) is 0.590. The Morgan fingerprint density at radius 2 is 1.88 bits per heavy atom. The maximum Gasteiger partial charge on any atom is 0.224 e. The van der Waals surface area contributed by atoms with Crippen molar-refractivity contribution in [3.8, 4) is 11.5 Å². The molecule has 1 aliphatic heterocycles. The average Bonchev–Trinajstić information content (AvgIpc) is 3.02. The van der Waals surface area contributed by atoms with E-state index in [1.807, 2.05) is 34.9 Å². The lowest BCUT2D eigenvalue weighted by atomic mass is 10.1. The smallest absolute Gasteiger partial charge is 0.224 e. The molecule has 1 atom stereocenters. The van der Waals surface area contributed by atoms with E-state index in [1.54, 1.807) is 25.6 Å². The highest BCUT2D eigenvalue weighted by Gasteiger charge is 2.31. The summed E-state index contributed by atoms with van der Waals surface area (Å²) in [5.41, 5.74) is 1.01. The van der Waals surface area contributed by atoms with Gasteiger partial charge in [-0.2, -0.15) is 0 Å². The van der Waals surface area contributed by atoms with Gasteiger partial charge in [0.25, 0.3) is 0 Å². The van der Waals surface area contributed by atoms with Crippen molar-refractivity contribution in [3.63, 3.8) is 0 Å². The van der Waals surface area contributed by atoms with Crippen LogP contribution in [0.25, 0.3) is 0 Å². The third-order valence-electron chi connectivity index (χ3n) is 3.96. The van der Waals surface area contributed by atoms with Gasteiger partial charge in [0.15, 0.2) is 0 Å². The minimum Gasteiger partial charge on any atom is -0.497 e. The maximum absolute atomic E-state index is 12.6. The van der Waals surface area contributed by atoms with E-state index in [-0.39, 0.29) is 11.3 Å². The van der Waals surface area contributed by atoms with Crippen LogP contribution in [-0.4, -0.2) is 30.8 Å². The van der Waals surface area contributed by atoms with Gasteiger partial charge in [0.1, 0.15) is 16.9 Å². The monoisotopic (exact) mass is 363 g/mol.